The summed E-state index contributed by atoms with van der Waals surface area (Å²) in [4.78, 5) is 31.5. The third-order valence-corrected chi connectivity index (χ3v) is 6.44. The Balaban J connectivity index is 1.58. The average molecular weight is 445 g/mol. The highest BCUT2D eigenvalue weighted by molar-refractivity contribution is 7.15. The van der Waals surface area contributed by atoms with Crippen molar-refractivity contribution < 1.29 is 19.0 Å². The lowest BCUT2D eigenvalue weighted by molar-refractivity contribution is 0.0694. The minimum atomic E-state index is -1.35. The van der Waals surface area contributed by atoms with Gasteiger partial charge in [-0.1, -0.05) is 0 Å². The number of hydrogen-bond acceptors (Lipinski definition) is 8. The van der Waals surface area contributed by atoms with Crippen LogP contribution < -0.4 is 25.4 Å². The van der Waals surface area contributed by atoms with Crippen molar-refractivity contribution in [3.05, 3.63) is 44.9 Å². The highest BCUT2D eigenvalue weighted by atomic mass is 32.1. The SMILES string of the molecule is Cc1cnc(NC2CCN(c3c(F)cc4c(=O)c(C(=O)O)cn5c4c3OCN5C)C2)s1. The Morgan fingerprint density at radius 2 is 2.26 bits per heavy atom. The first-order chi connectivity index (χ1) is 14.8. The molecule has 0 spiro atoms. The van der Waals surface area contributed by atoms with Crippen LogP contribution in [0, 0.1) is 12.7 Å². The molecule has 1 saturated heterocycles. The van der Waals surface area contributed by atoms with E-state index >= 15 is 4.39 Å². The second-order valence-electron chi connectivity index (χ2n) is 7.74. The van der Waals surface area contributed by atoms with Gasteiger partial charge in [-0.25, -0.2) is 14.2 Å². The molecule has 0 saturated carbocycles. The van der Waals surface area contributed by atoms with E-state index in [0.717, 1.165) is 22.5 Å². The Bertz CT molecular complexity index is 1270. The Morgan fingerprint density at radius 3 is 2.97 bits per heavy atom. The van der Waals surface area contributed by atoms with Gasteiger partial charge < -0.3 is 20.1 Å². The zero-order chi connectivity index (χ0) is 21.9. The molecule has 1 unspecified atom stereocenters. The van der Waals surface area contributed by atoms with E-state index in [4.69, 9.17) is 4.74 Å². The number of thiazole rings is 1. The number of carboxylic acids is 1. The molecule has 1 aromatic carbocycles. The molecule has 2 aliphatic rings. The maximum atomic E-state index is 15.3. The molecule has 5 rings (SSSR count). The minimum Gasteiger partial charge on any atom is -0.477 e. The van der Waals surface area contributed by atoms with Crippen molar-refractivity contribution in [2.75, 3.05) is 42.1 Å². The molecule has 2 aromatic heterocycles. The van der Waals surface area contributed by atoms with Gasteiger partial charge in [-0.2, -0.15) is 0 Å². The zero-order valence-corrected chi connectivity index (χ0v) is 17.7. The van der Waals surface area contributed by atoms with Crippen molar-refractivity contribution in [3.8, 4) is 5.75 Å². The van der Waals surface area contributed by atoms with Gasteiger partial charge in [0.1, 0.15) is 16.8 Å². The van der Waals surface area contributed by atoms with Crippen LogP contribution >= 0.6 is 11.3 Å². The fourth-order valence-corrected chi connectivity index (χ4v) is 4.89. The highest BCUT2D eigenvalue weighted by Gasteiger charge is 2.32. The topological polar surface area (TPSA) is 99.9 Å². The predicted molar refractivity (Wildman–Crippen MR) is 116 cm³/mol. The van der Waals surface area contributed by atoms with Crippen LogP contribution in [0.3, 0.4) is 0 Å². The predicted octanol–water partition coefficient (Wildman–Crippen LogP) is 2.21. The lowest BCUT2D eigenvalue weighted by Crippen LogP contribution is -2.40. The largest absolute Gasteiger partial charge is 0.477 e. The van der Waals surface area contributed by atoms with Gasteiger partial charge in [0.2, 0.25) is 5.43 Å². The first-order valence-electron chi connectivity index (χ1n) is 9.76. The smallest absolute Gasteiger partial charge is 0.341 e. The van der Waals surface area contributed by atoms with E-state index < -0.39 is 22.8 Å². The molecule has 0 radical (unpaired) electrons. The van der Waals surface area contributed by atoms with Gasteiger partial charge in [0.25, 0.3) is 0 Å². The van der Waals surface area contributed by atoms with Gasteiger partial charge in [0.15, 0.2) is 23.4 Å². The van der Waals surface area contributed by atoms with E-state index in [2.05, 4.69) is 10.3 Å². The summed E-state index contributed by atoms with van der Waals surface area (Å²) in [5.74, 6) is -1.70. The second kappa shape index (κ2) is 7.12. The van der Waals surface area contributed by atoms with Crippen LogP contribution in [0.4, 0.5) is 15.2 Å². The van der Waals surface area contributed by atoms with E-state index in [9.17, 15) is 14.7 Å². The van der Waals surface area contributed by atoms with Crippen LogP contribution in [0.25, 0.3) is 10.9 Å². The number of anilines is 2. The van der Waals surface area contributed by atoms with E-state index in [1.54, 1.807) is 28.1 Å². The number of ether oxygens (including phenoxy) is 1. The number of benzene rings is 1. The van der Waals surface area contributed by atoms with Crippen LogP contribution in [0.2, 0.25) is 0 Å². The van der Waals surface area contributed by atoms with Crippen LogP contribution in [0.5, 0.6) is 5.75 Å². The molecule has 11 heteroatoms. The number of aromatic carboxylic acids is 1. The number of nitrogens with zero attached hydrogens (tertiary/aromatic N) is 4. The van der Waals surface area contributed by atoms with Crippen molar-refractivity contribution >= 4 is 39.0 Å². The summed E-state index contributed by atoms with van der Waals surface area (Å²) in [6, 6.07) is 1.21. The Kier molecular flexibility index (Phi) is 4.50. The van der Waals surface area contributed by atoms with Crippen LogP contribution in [-0.2, 0) is 0 Å². The fraction of sp³-hybridized carbons (Fsp3) is 0.350. The van der Waals surface area contributed by atoms with Crippen molar-refractivity contribution in [2.24, 2.45) is 0 Å². The average Bonchev–Trinajstić information content (AvgIpc) is 3.34. The molecular formula is C20H20FN5O4S. The van der Waals surface area contributed by atoms with E-state index in [0.29, 0.717) is 18.6 Å². The number of carbonyl (C=O) groups is 1. The van der Waals surface area contributed by atoms with Gasteiger partial charge in [-0.05, 0) is 19.4 Å². The summed E-state index contributed by atoms with van der Waals surface area (Å²) in [6.07, 6.45) is 3.86. The van der Waals surface area contributed by atoms with E-state index in [-0.39, 0.29) is 29.6 Å². The van der Waals surface area contributed by atoms with Crippen LogP contribution in [0.15, 0.2) is 23.3 Å². The molecule has 4 heterocycles. The van der Waals surface area contributed by atoms with Crippen molar-refractivity contribution in [1.29, 1.82) is 0 Å². The molecule has 1 atom stereocenters. The summed E-state index contributed by atoms with van der Waals surface area (Å²) in [5, 5.41) is 15.2. The molecule has 2 N–H and O–H groups in total. The normalized spacial score (nSPS) is 17.8. The first-order valence-corrected chi connectivity index (χ1v) is 10.6. The fourth-order valence-electron chi connectivity index (χ4n) is 4.15. The molecular weight excluding hydrogens is 425 g/mol. The van der Waals surface area contributed by atoms with Gasteiger partial charge in [0, 0.05) is 43.4 Å². The molecule has 0 bridgehead atoms. The second-order valence-corrected chi connectivity index (χ2v) is 8.97. The Morgan fingerprint density at radius 1 is 1.45 bits per heavy atom. The first kappa shape index (κ1) is 19.6. The molecule has 2 aliphatic heterocycles. The van der Waals surface area contributed by atoms with Crippen molar-refractivity contribution in [1.82, 2.24) is 9.66 Å². The summed E-state index contributed by atoms with van der Waals surface area (Å²) >= 11 is 1.57. The number of pyridine rings is 1. The van der Waals surface area contributed by atoms with Crippen molar-refractivity contribution in [3.63, 3.8) is 0 Å². The number of nitrogens with one attached hydrogen (secondary N) is 1. The van der Waals surface area contributed by atoms with Gasteiger partial charge in [-0.3, -0.25) is 14.5 Å². The van der Waals surface area contributed by atoms with Gasteiger partial charge in [-0.15, -0.1) is 11.3 Å². The number of aryl methyl sites for hydroxylation is 1. The maximum Gasteiger partial charge on any atom is 0.341 e. The number of hydrogen-bond donors (Lipinski definition) is 2. The monoisotopic (exact) mass is 445 g/mol. The molecule has 9 nitrogen and oxygen atoms in total. The quantitative estimate of drug-likeness (QED) is 0.631. The van der Waals surface area contributed by atoms with Crippen molar-refractivity contribution in [2.45, 2.75) is 19.4 Å². The Labute approximate surface area is 180 Å². The summed E-state index contributed by atoms with van der Waals surface area (Å²) in [6.45, 7) is 3.23. The highest BCUT2D eigenvalue weighted by Crippen LogP contribution is 2.41. The molecule has 3 aromatic rings. The number of aromatic nitrogens is 2. The van der Waals surface area contributed by atoms with Crippen LogP contribution in [0.1, 0.15) is 21.7 Å². The summed E-state index contributed by atoms with van der Waals surface area (Å²) in [5.41, 5.74) is -0.489. The maximum absolute atomic E-state index is 15.3. The number of halogens is 1. The molecule has 1 fully saturated rings. The van der Waals surface area contributed by atoms with Gasteiger partial charge in [0.05, 0.1) is 5.39 Å². The Hall–Kier alpha value is -3.34. The summed E-state index contributed by atoms with van der Waals surface area (Å²) < 4.78 is 22.7. The molecule has 0 amide bonds. The third-order valence-electron chi connectivity index (χ3n) is 5.60. The lowest BCUT2D eigenvalue weighted by atomic mass is 10.1. The zero-order valence-electron chi connectivity index (χ0n) is 16.9. The number of carboxylic acid groups (broad SMARTS) is 1. The summed E-state index contributed by atoms with van der Waals surface area (Å²) in [7, 11) is 1.70. The lowest BCUT2D eigenvalue weighted by Gasteiger charge is -2.33. The molecule has 162 valence electrons. The van der Waals surface area contributed by atoms with Crippen LogP contribution in [-0.4, -0.2) is 53.6 Å². The molecule has 0 aliphatic carbocycles. The van der Waals surface area contributed by atoms with E-state index in [1.807, 2.05) is 18.0 Å². The van der Waals surface area contributed by atoms with Gasteiger partial charge >= 0.3 is 5.97 Å². The molecule has 31 heavy (non-hydrogen) atoms. The third kappa shape index (κ3) is 3.16. The minimum absolute atomic E-state index is 0.0187. The standard InChI is InChI=1S/C20H20FN5O4S/c1-10-6-22-20(31-10)23-11-3-4-25(7-11)16-14(21)5-12-15-18(16)30-9-24(2)26(15)8-13(17(12)27)19(28)29/h5-6,8,11H,3-4,7,9H2,1-2H3,(H,22,23)(H,28,29). The van der Waals surface area contributed by atoms with E-state index in [1.165, 1.54) is 6.20 Å². The number of rotatable bonds is 4.